The first-order valence-electron chi connectivity index (χ1n) is 15.9. The van der Waals surface area contributed by atoms with E-state index in [9.17, 15) is 19.0 Å². The molecule has 0 radical (unpaired) electrons. The number of halogens is 3. The summed E-state index contributed by atoms with van der Waals surface area (Å²) in [5.74, 6) is 0.921. The van der Waals surface area contributed by atoms with Gasteiger partial charge in [0.2, 0.25) is 5.88 Å². The maximum atomic E-state index is 16.2. The lowest BCUT2D eigenvalue weighted by molar-refractivity contribution is 0.154. The molecule has 3 unspecified atom stereocenters. The molecule has 5 heterocycles. The molecule has 0 bridgehead atoms. The van der Waals surface area contributed by atoms with Crippen molar-refractivity contribution in [3.8, 4) is 41.2 Å². The van der Waals surface area contributed by atoms with Crippen molar-refractivity contribution in [2.45, 2.75) is 64.3 Å². The van der Waals surface area contributed by atoms with Gasteiger partial charge in [-0.3, -0.25) is 4.90 Å². The average molecular weight is 652 g/mol. The summed E-state index contributed by atoms with van der Waals surface area (Å²) in [6.07, 6.45) is 9.17. The Balaban J connectivity index is 0.000000333. The van der Waals surface area contributed by atoms with E-state index >= 15 is 4.39 Å². The van der Waals surface area contributed by atoms with Gasteiger partial charge in [0.15, 0.2) is 5.82 Å². The number of aromatic hydroxyl groups is 1. The van der Waals surface area contributed by atoms with Gasteiger partial charge < -0.3 is 24.6 Å². The van der Waals surface area contributed by atoms with Crippen molar-refractivity contribution in [3.63, 3.8) is 0 Å². The zero-order valence-electron chi connectivity index (χ0n) is 27.1. The van der Waals surface area contributed by atoms with Crippen LogP contribution >= 0.6 is 0 Å². The second-order valence-corrected chi connectivity index (χ2v) is 11.6. The molecule has 47 heavy (non-hydrogen) atoms. The number of pyridine rings is 1. The van der Waals surface area contributed by atoms with Crippen molar-refractivity contribution in [1.29, 1.82) is 0 Å². The normalized spacial score (nSPS) is 20.6. The Morgan fingerprint density at radius 1 is 0.979 bits per heavy atom. The van der Waals surface area contributed by atoms with E-state index in [0.29, 0.717) is 43.2 Å². The van der Waals surface area contributed by atoms with E-state index in [0.717, 1.165) is 13.0 Å². The van der Waals surface area contributed by atoms with Gasteiger partial charge in [-0.05, 0) is 62.2 Å². The van der Waals surface area contributed by atoms with Gasteiger partial charge >= 0.3 is 6.01 Å². The molecule has 2 aromatic heterocycles. The molecule has 3 fully saturated rings. The summed E-state index contributed by atoms with van der Waals surface area (Å²) < 4.78 is 54.2. The number of piperidine rings is 1. The number of aliphatic hydroxyl groups is 1. The second kappa shape index (κ2) is 14.6. The van der Waals surface area contributed by atoms with E-state index in [1.165, 1.54) is 51.3 Å². The number of alkyl halides is 1. The predicted octanol–water partition coefficient (Wildman–Crippen LogP) is 6.01. The molecule has 7 rings (SSSR count). The summed E-state index contributed by atoms with van der Waals surface area (Å²) in [5, 5.41) is 21.4. The van der Waals surface area contributed by atoms with Crippen LogP contribution in [0.1, 0.15) is 51.5 Å². The highest BCUT2D eigenvalue weighted by Crippen LogP contribution is 2.42. The van der Waals surface area contributed by atoms with Crippen LogP contribution in [0.4, 0.5) is 19.0 Å². The molecule has 250 valence electrons. The largest absolute Gasteiger partial charge is 0.508 e. The summed E-state index contributed by atoms with van der Waals surface area (Å²) in [4.78, 5) is 17.1. The molecule has 0 amide bonds. The number of terminal acetylenes is 1. The van der Waals surface area contributed by atoms with Gasteiger partial charge in [0, 0.05) is 36.6 Å². The van der Waals surface area contributed by atoms with Crippen LogP contribution in [-0.4, -0.2) is 88.8 Å². The number of hydrogen-bond acceptors (Lipinski definition) is 9. The molecule has 12 heteroatoms. The van der Waals surface area contributed by atoms with Gasteiger partial charge in [0.05, 0.1) is 25.9 Å². The second-order valence-electron chi connectivity index (χ2n) is 11.6. The van der Waals surface area contributed by atoms with Gasteiger partial charge in [-0.15, -0.1) is 6.42 Å². The van der Waals surface area contributed by atoms with Crippen LogP contribution in [0, 0.1) is 24.0 Å². The monoisotopic (exact) mass is 651 g/mol. The lowest BCUT2D eigenvalue weighted by atomic mass is 9.95. The number of anilines is 1. The highest BCUT2D eigenvalue weighted by Gasteiger charge is 2.35. The Hall–Kier alpha value is -4.34. The summed E-state index contributed by atoms with van der Waals surface area (Å²) in [5.41, 5.74) is -0.407. The fourth-order valence-electron chi connectivity index (χ4n) is 6.68. The summed E-state index contributed by atoms with van der Waals surface area (Å²) in [6.45, 7) is 6.71. The SMILES string of the molecule is C#Cc1c(F)ccc2cc(O)cc(-c3nc(OC)c4c(N5CCCC(O)C5)nc(OC)nc4c3F)c12.CC.FC1CC2CCCN2C1. The minimum Gasteiger partial charge on any atom is -0.508 e. The molecule has 2 aromatic carbocycles. The first-order valence-corrected chi connectivity index (χ1v) is 15.9. The van der Waals surface area contributed by atoms with Crippen LogP contribution in [-0.2, 0) is 0 Å². The number of β-amino-alcohol motifs (C(OH)–C–C–N with tert-alkyl or cyclic N) is 1. The number of aromatic nitrogens is 3. The van der Waals surface area contributed by atoms with Crippen molar-refractivity contribution < 1.29 is 32.9 Å². The number of phenols is 1. The Morgan fingerprint density at radius 2 is 1.74 bits per heavy atom. The number of benzene rings is 2. The lowest BCUT2D eigenvalue weighted by Gasteiger charge is -2.32. The van der Waals surface area contributed by atoms with Gasteiger partial charge in [-0.25, -0.2) is 18.2 Å². The van der Waals surface area contributed by atoms with Crippen LogP contribution in [0.2, 0.25) is 0 Å². The third-order valence-corrected chi connectivity index (χ3v) is 8.70. The number of ether oxygens (including phenoxy) is 2. The number of fused-ring (bicyclic) bond motifs is 3. The highest BCUT2D eigenvalue weighted by atomic mass is 19.1. The Kier molecular flexibility index (Phi) is 10.6. The van der Waals surface area contributed by atoms with Crippen molar-refractivity contribution in [1.82, 2.24) is 19.9 Å². The van der Waals surface area contributed by atoms with Gasteiger partial charge in [0.25, 0.3) is 0 Å². The van der Waals surface area contributed by atoms with E-state index in [2.05, 4.69) is 25.8 Å². The first kappa shape index (κ1) is 34.0. The molecule has 3 aliphatic heterocycles. The minimum atomic E-state index is -0.857. The van der Waals surface area contributed by atoms with Crippen LogP contribution in [0.25, 0.3) is 32.9 Å². The standard InChI is InChI=1S/C26H22F2N4O4.C7H12FN.C2H6/c1-4-16-18(27)8-7-13-10-15(34)11-17(19(13)16)22-21(28)23-20(25(29-22)35-2)24(31-26(30-23)36-3)32-9-5-6-14(33)12-32;8-6-4-7-2-1-3-9(7)5-6;1-2/h1,7-8,10-11,14,33-34H,5-6,9,12H2,2-3H3;6-7H,1-5H2;1-2H3. The molecule has 9 nitrogen and oxygen atoms in total. The topological polar surface area (TPSA) is 104 Å². The Bertz CT molecular complexity index is 1790. The molecule has 4 aromatic rings. The van der Waals surface area contributed by atoms with Gasteiger partial charge in [0.1, 0.15) is 40.2 Å². The van der Waals surface area contributed by atoms with Gasteiger partial charge in [-0.2, -0.15) is 9.97 Å². The number of hydrogen-bond donors (Lipinski definition) is 2. The quantitative estimate of drug-likeness (QED) is 0.257. The molecule has 3 aliphatic rings. The molecule has 0 spiro atoms. The van der Waals surface area contributed by atoms with Crippen LogP contribution in [0.5, 0.6) is 17.6 Å². The maximum absolute atomic E-state index is 16.2. The summed E-state index contributed by atoms with van der Waals surface area (Å²) in [6, 6.07) is 5.81. The molecule has 3 atom stereocenters. The van der Waals surface area contributed by atoms with E-state index in [1.807, 2.05) is 13.8 Å². The van der Waals surface area contributed by atoms with Crippen LogP contribution in [0.15, 0.2) is 24.3 Å². The molecule has 0 aliphatic carbocycles. The first-order chi connectivity index (χ1) is 22.7. The molecular formula is C35H40F3N5O4. The predicted molar refractivity (Wildman–Crippen MR) is 176 cm³/mol. The number of nitrogens with zero attached hydrogens (tertiary/aromatic N) is 5. The Morgan fingerprint density at radius 3 is 2.43 bits per heavy atom. The molecule has 0 saturated carbocycles. The van der Waals surface area contributed by atoms with Crippen molar-refractivity contribution in [2.24, 2.45) is 0 Å². The number of methoxy groups -OCH3 is 2. The van der Waals surface area contributed by atoms with Crippen molar-refractivity contribution >= 4 is 27.5 Å². The van der Waals surface area contributed by atoms with Gasteiger partial charge in [-0.1, -0.05) is 25.8 Å². The fourth-order valence-corrected chi connectivity index (χ4v) is 6.68. The highest BCUT2D eigenvalue weighted by molar-refractivity contribution is 6.04. The maximum Gasteiger partial charge on any atom is 0.318 e. The average Bonchev–Trinajstić information content (AvgIpc) is 3.66. The fraction of sp³-hybridized carbons (Fsp3) is 0.457. The van der Waals surface area contributed by atoms with Crippen molar-refractivity contribution in [3.05, 3.63) is 41.5 Å². The summed E-state index contributed by atoms with van der Waals surface area (Å²) in [7, 11) is 2.73. The van der Waals surface area contributed by atoms with E-state index < -0.39 is 23.9 Å². The molecule has 2 N–H and O–H groups in total. The lowest BCUT2D eigenvalue weighted by Crippen LogP contribution is -2.39. The third-order valence-electron chi connectivity index (χ3n) is 8.70. The zero-order valence-corrected chi connectivity index (χ0v) is 27.1. The zero-order chi connectivity index (χ0) is 33.8. The smallest absolute Gasteiger partial charge is 0.318 e. The number of phenolic OH excluding ortho intramolecular Hbond substituents is 1. The van der Waals surface area contributed by atoms with E-state index in [4.69, 9.17) is 15.9 Å². The summed E-state index contributed by atoms with van der Waals surface area (Å²) >= 11 is 0. The Labute approximate surface area is 272 Å². The minimum absolute atomic E-state index is 0.00858. The van der Waals surface area contributed by atoms with E-state index in [1.54, 1.807) is 4.90 Å². The number of aliphatic hydroxyl groups excluding tert-OH is 1. The third kappa shape index (κ3) is 6.73. The number of rotatable bonds is 4. The van der Waals surface area contributed by atoms with Crippen LogP contribution in [0.3, 0.4) is 0 Å². The molecule has 3 saturated heterocycles. The van der Waals surface area contributed by atoms with E-state index in [-0.39, 0.29) is 57.3 Å². The van der Waals surface area contributed by atoms with Crippen molar-refractivity contribution in [2.75, 3.05) is 45.3 Å². The molecular weight excluding hydrogens is 611 g/mol. The van der Waals surface area contributed by atoms with Crippen LogP contribution < -0.4 is 14.4 Å².